The van der Waals surface area contributed by atoms with Gasteiger partial charge in [-0.2, -0.15) is 0 Å². The van der Waals surface area contributed by atoms with E-state index in [0.717, 1.165) is 24.1 Å². The maximum Gasteiger partial charge on any atom is 0.120 e. The smallest absolute Gasteiger partial charge is 0.120 e. The van der Waals surface area contributed by atoms with E-state index in [9.17, 15) is 0 Å². The molecular formula is C13H16N2O. The standard InChI is InChI=1S/C13H16N2O/c1-16-8-5-6-9-12(7-8)15-11-4-2-3-10(14)13(9)11/h5-7,10,15H,2-4,14H2,1H3. The van der Waals surface area contributed by atoms with Gasteiger partial charge in [0.05, 0.1) is 7.11 Å². The number of aryl methyl sites for hydroxylation is 1. The van der Waals surface area contributed by atoms with Crippen molar-refractivity contribution in [3.05, 3.63) is 29.5 Å². The molecule has 1 aliphatic rings. The van der Waals surface area contributed by atoms with E-state index >= 15 is 0 Å². The largest absolute Gasteiger partial charge is 0.497 e. The Hall–Kier alpha value is -1.48. The lowest BCUT2D eigenvalue weighted by Gasteiger charge is -2.18. The van der Waals surface area contributed by atoms with Crippen LogP contribution in [-0.4, -0.2) is 12.1 Å². The van der Waals surface area contributed by atoms with Crippen LogP contribution in [-0.2, 0) is 6.42 Å². The van der Waals surface area contributed by atoms with Gasteiger partial charge in [-0.15, -0.1) is 0 Å². The molecule has 0 spiro atoms. The summed E-state index contributed by atoms with van der Waals surface area (Å²) in [4.78, 5) is 3.46. The number of aromatic amines is 1. The van der Waals surface area contributed by atoms with E-state index in [0.29, 0.717) is 0 Å². The molecule has 1 unspecified atom stereocenters. The number of nitrogens with one attached hydrogen (secondary N) is 1. The van der Waals surface area contributed by atoms with Crippen molar-refractivity contribution in [1.82, 2.24) is 4.98 Å². The van der Waals surface area contributed by atoms with E-state index in [2.05, 4.69) is 11.1 Å². The molecule has 84 valence electrons. The van der Waals surface area contributed by atoms with E-state index in [1.54, 1.807) is 7.11 Å². The number of aromatic nitrogens is 1. The molecule has 3 N–H and O–H groups in total. The quantitative estimate of drug-likeness (QED) is 0.769. The first kappa shape index (κ1) is 9.73. The van der Waals surface area contributed by atoms with Crippen molar-refractivity contribution < 1.29 is 4.74 Å². The molecule has 1 aromatic heterocycles. The zero-order chi connectivity index (χ0) is 11.1. The number of hydrogen-bond donors (Lipinski definition) is 2. The summed E-state index contributed by atoms with van der Waals surface area (Å²) in [6.45, 7) is 0. The lowest BCUT2D eigenvalue weighted by molar-refractivity contribution is 0.415. The lowest BCUT2D eigenvalue weighted by atomic mass is 9.91. The van der Waals surface area contributed by atoms with E-state index in [-0.39, 0.29) is 6.04 Å². The number of H-pyrrole nitrogens is 1. The summed E-state index contributed by atoms with van der Waals surface area (Å²) in [7, 11) is 1.69. The van der Waals surface area contributed by atoms with Crippen LogP contribution in [0.25, 0.3) is 10.9 Å². The Morgan fingerprint density at radius 2 is 2.31 bits per heavy atom. The van der Waals surface area contributed by atoms with Gasteiger partial charge in [0, 0.05) is 28.7 Å². The summed E-state index contributed by atoms with van der Waals surface area (Å²) in [6, 6.07) is 6.33. The predicted molar refractivity (Wildman–Crippen MR) is 64.7 cm³/mol. The molecular weight excluding hydrogens is 200 g/mol. The summed E-state index contributed by atoms with van der Waals surface area (Å²) in [5.74, 6) is 0.889. The second kappa shape index (κ2) is 3.52. The van der Waals surface area contributed by atoms with Gasteiger partial charge in [-0.05, 0) is 37.0 Å². The van der Waals surface area contributed by atoms with Crippen molar-refractivity contribution in [3.8, 4) is 5.75 Å². The summed E-state index contributed by atoms with van der Waals surface area (Å²) >= 11 is 0. The SMILES string of the molecule is COc1ccc2c3c([nH]c2c1)CCCC3N. The topological polar surface area (TPSA) is 51.0 Å². The maximum atomic E-state index is 6.18. The number of hydrogen-bond acceptors (Lipinski definition) is 2. The third-order valence-corrected chi connectivity index (χ3v) is 3.44. The summed E-state index contributed by atoms with van der Waals surface area (Å²) in [6.07, 6.45) is 3.38. The average Bonchev–Trinajstić information content (AvgIpc) is 2.67. The number of fused-ring (bicyclic) bond motifs is 3. The molecule has 0 amide bonds. The molecule has 2 aromatic rings. The minimum Gasteiger partial charge on any atom is -0.497 e. The number of nitrogens with two attached hydrogens (primary N) is 1. The van der Waals surface area contributed by atoms with E-state index in [1.807, 2.05) is 12.1 Å². The Morgan fingerprint density at radius 1 is 1.44 bits per heavy atom. The highest BCUT2D eigenvalue weighted by Crippen LogP contribution is 2.35. The highest BCUT2D eigenvalue weighted by atomic mass is 16.5. The molecule has 3 heteroatoms. The number of rotatable bonds is 1. The first-order valence-corrected chi connectivity index (χ1v) is 5.73. The molecule has 16 heavy (non-hydrogen) atoms. The first-order valence-electron chi connectivity index (χ1n) is 5.73. The van der Waals surface area contributed by atoms with Crippen LogP contribution in [0.2, 0.25) is 0 Å². The zero-order valence-corrected chi connectivity index (χ0v) is 9.42. The molecule has 0 fully saturated rings. The Morgan fingerprint density at radius 3 is 3.12 bits per heavy atom. The van der Waals surface area contributed by atoms with Crippen LogP contribution in [0, 0.1) is 0 Å². The Labute approximate surface area is 94.6 Å². The zero-order valence-electron chi connectivity index (χ0n) is 9.42. The minimum atomic E-state index is 0.186. The summed E-state index contributed by atoms with van der Waals surface area (Å²) < 4.78 is 5.23. The van der Waals surface area contributed by atoms with Gasteiger partial charge in [0.1, 0.15) is 5.75 Å². The molecule has 3 nitrogen and oxygen atoms in total. The Bertz CT molecular complexity index is 530. The van der Waals surface area contributed by atoms with Gasteiger partial charge in [0.2, 0.25) is 0 Å². The van der Waals surface area contributed by atoms with Crippen LogP contribution in [0.3, 0.4) is 0 Å². The van der Waals surface area contributed by atoms with Crippen molar-refractivity contribution in [3.63, 3.8) is 0 Å². The number of benzene rings is 1. The predicted octanol–water partition coefficient (Wildman–Crippen LogP) is 2.51. The van der Waals surface area contributed by atoms with Crippen molar-refractivity contribution >= 4 is 10.9 Å². The van der Waals surface area contributed by atoms with Crippen LogP contribution in [0.5, 0.6) is 5.75 Å². The first-order chi connectivity index (χ1) is 7.79. The molecule has 1 heterocycles. The van der Waals surface area contributed by atoms with Crippen LogP contribution in [0.4, 0.5) is 0 Å². The second-order valence-electron chi connectivity index (χ2n) is 4.43. The highest BCUT2D eigenvalue weighted by molar-refractivity contribution is 5.86. The minimum absolute atomic E-state index is 0.186. The molecule has 0 saturated carbocycles. The molecule has 0 radical (unpaired) electrons. The van der Waals surface area contributed by atoms with Crippen LogP contribution >= 0.6 is 0 Å². The van der Waals surface area contributed by atoms with Crippen molar-refractivity contribution in [2.24, 2.45) is 5.73 Å². The second-order valence-corrected chi connectivity index (χ2v) is 4.43. The van der Waals surface area contributed by atoms with E-state index in [1.165, 1.54) is 23.1 Å². The Kier molecular flexibility index (Phi) is 2.14. The third-order valence-electron chi connectivity index (χ3n) is 3.44. The molecule has 1 aromatic carbocycles. The maximum absolute atomic E-state index is 6.18. The monoisotopic (exact) mass is 216 g/mol. The fourth-order valence-electron chi connectivity index (χ4n) is 2.64. The van der Waals surface area contributed by atoms with Gasteiger partial charge in [-0.3, -0.25) is 0 Å². The van der Waals surface area contributed by atoms with Crippen molar-refractivity contribution in [2.75, 3.05) is 7.11 Å². The van der Waals surface area contributed by atoms with Gasteiger partial charge in [-0.1, -0.05) is 0 Å². The fourth-order valence-corrected chi connectivity index (χ4v) is 2.64. The summed E-state index contributed by atoms with van der Waals surface area (Å²) in [5.41, 5.74) is 9.93. The van der Waals surface area contributed by atoms with Crippen LogP contribution in [0.15, 0.2) is 18.2 Å². The van der Waals surface area contributed by atoms with Crippen molar-refractivity contribution in [1.29, 1.82) is 0 Å². The number of ether oxygens (including phenoxy) is 1. The molecule has 1 atom stereocenters. The van der Waals surface area contributed by atoms with Crippen molar-refractivity contribution in [2.45, 2.75) is 25.3 Å². The van der Waals surface area contributed by atoms with Gasteiger partial charge in [0.15, 0.2) is 0 Å². The van der Waals surface area contributed by atoms with Gasteiger partial charge in [0.25, 0.3) is 0 Å². The molecule has 0 bridgehead atoms. The normalized spacial score (nSPS) is 19.8. The fraction of sp³-hybridized carbons (Fsp3) is 0.385. The molecule has 0 saturated heterocycles. The van der Waals surface area contributed by atoms with Gasteiger partial charge < -0.3 is 15.5 Å². The average molecular weight is 216 g/mol. The summed E-state index contributed by atoms with van der Waals surface area (Å²) in [5, 5.41) is 1.25. The number of methoxy groups -OCH3 is 1. The highest BCUT2D eigenvalue weighted by Gasteiger charge is 2.21. The van der Waals surface area contributed by atoms with E-state index in [4.69, 9.17) is 10.5 Å². The van der Waals surface area contributed by atoms with Gasteiger partial charge >= 0.3 is 0 Å². The third kappa shape index (κ3) is 1.32. The Balaban J connectivity index is 2.24. The van der Waals surface area contributed by atoms with Crippen LogP contribution < -0.4 is 10.5 Å². The molecule has 3 rings (SSSR count). The van der Waals surface area contributed by atoms with Gasteiger partial charge in [-0.25, -0.2) is 0 Å². The lowest BCUT2D eigenvalue weighted by Crippen LogP contribution is -2.16. The van der Waals surface area contributed by atoms with Crippen LogP contribution in [0.1, 0.15) is 30.1 Å². The molecule has 1 aliphatic carbocycles. The van der Waals surface area contributed by atoms with E-state index < -0.39 is 0 Å². The molecule has 0 aliphatic heterocycles.